The van der Waals surface area contributed by atoms with E-state index in [1.165, 1.54) is 6.08 Å². The minimum atomic E-state index is 0.488. The highest BCUT2D eigenvalue weighted by molar-refractivity contribution is 7.78. The number of halogens is 1. The van der Waals surface area contributed by atoms with Gasteiger partial charge in [0.2, 0.25) is 0 Å². The standard InChI is InChI=1S/C10H5ClN2S/c11-9-6-8(2-1-5-12)3-4-10(9)13-7-14/h1-4,6H. The predicted octanol–water partition coefficient (Wildman–Crippen LogP) is 3.61. The van der Waals surface area contributed by atoms with Crippen LogP contribution in [0.4, 0.5) is 5.69 Å². The van der Waals surface area contributed by atoms with Crippen LogP contribution in [-0.4, -0.2) is 5.16 Å². The molecule has 0 bridgehead atoms. The number of benzene rings is 1. The number of allylic oxidation sites excluding steroid dienone is 1. The number of hydrogen-bond donors (Lipinski definition) is 0. The first-order chi connectivity index (χ1) is 6.77. The van der Waals surface area contributed by atoms with Gasteiger partial charge in [0, 0.05) is 6.08 Å². The molecule has 0 heterocycles. The van der Waals surface area contributed by atoms with Gasteiger partial charge < -0.3 is 0 Å². The minimum absolute atomic E-state index is 0.488. The van der Waals surface area contributed by atoms with Crippen LogP contribution < -0.4 is 0 Å². The highest BCUT2D eigenvalue weighted by Gasteiger charge is 1.97. The molecule has 0 saturated carbocycles. The van der Waals surface area contributed by atoms with Crippen molar-refractivity contribution in [1.82, 2.24) is 0 Å². The maximum Gasteiger partial charge on any atom is 0.0926 e. The summed E-state index contributed by atoms with van der Waals surface area (Å²) in [6, 6.07) is 7.13. The summed E-state index contributed by atoms with van der Waals surface area (Å²) >= 11 is 10.4. The van der Waals surface area contributed by atoms with Gasteiger partial charge in [0.15, 0.2) is 0 Å². The maximum atomic E-state index is 8.32. The van der Waals surface area contributed by atoms with Gasteiger partial charge in [0.1, 0.15) is 0 Å². The van der Waals surface area contributed by atoms with E-state index in [0.29, 0.717) is 10.7 Å². The molecule has 0 unspecified atom stereocenters. The van der Waals surface area contributed by atoms with Gasteiger partial charge in [-0.3, -0.25) is 0 Å². The summed E-state index contributed by atoms with van der Waals surface area (Å²) in [6.07, 6.45) is 3.05. The third-order valence-electron chi connectivity index (χ3n) is 1.49. The quantitative estimate of drug-likeness (QED) is 0.434. The lowest BCUT2D eigenvalue weighted by Gasteiger charge is -1.97. The molecule has 1 rings (SSSR count). The molecule has 0 radical (unpaired) electrons. The van der Waals surface area contributed by atoms with E-state index in [9.17, 15) is 0 Å². The van der Waals surface area contributed by atoms with Crippen LogP contribution in [0.5, 0.6) is 0 Å². The number of isothiocyanates is 1. The van der Waals surface area contributed by atoms with Crippen LogP contribution in [-0.2, 0) is 0 Å². The number of thiocarbonyl (C=S) groups is 1. The summed E-state index contributed by atoms with van der Waals surface area (Å²) in [4.78, 5) is 3.77. The van der Waals surface area contributed by atoms with Gasteiger partial charge in [-0.1, -0.05) is 17.7 Å². The van der Waals surface area contributed by atoms with Crippen LogP contribution in [0.15, 0.2) is 29.3 Å². The second-order valence-electron chi connectivity index (χ2n) is 2.38. The molecule has 0 spiro atoms. The van der Waals surface area contributed by atoms with Crippen LogP contribution in [0.3, 0.4) is 0 Å². The van der Waals surface area contributed by atoms with Gasteiger partial charge in [-0.2, -0.15) is 10.3 Å². The first-order valence-corrected chi connectivity index (χ1v) is 4.50. The third-order valence-corrected chi connectivity index (χ3v) is 1.88. The Morgan fingerprint density at radius 3 is 2.86 bits per heavy atom. The zero-order valence-corrected chi connectivity index (χ0v) is 8.64. The molecule has 14 heavy (non-hydrogen) atoms. The molecule has 0 aromatic heterocycles. The lowest BCUT2D eigenvalue weighted by molar-refractivity contribution is 1.52. The molecule has 0 aliphatic carbocycles. The van der Waals surface area contributed by atoms with Crippen LogP contribution >= 0.6 is 23.8 Å². The maximum absolute atomic E-state index is 8.32. The second kappa shape index (κ2) is 5.31. The highest BCUT2D eigenvalue weighted by Crippen LogP contribution is 2.25. The van der Waals surface area contributed by atoms with Gasteiger partial charge in [0.05, 0.1) is 21.9 Å². The van der Waals surface area contributed by atoms with E-state index in [1.54, 1.807) is 24.3 Å². The number of aliphatic imine (C=N–C) groups is 1. The summed E-state index contributed by atoms with van der Waals surface area (Å²) in [5.41, 5.74) is 1.43. The molecule has 1 aromatic rings. The van der Waals surface area contributed by atoms with Gasteiger partial charge >= 0.3 is 0 Å². The van der Waals surface area contributed by atoms with E-state index in [-0.39, 0.29) is 0 Å². The third kappa shape index (κ3) is 2.79. The Balaban J connectivity index is 3.07. The molecule has 0 N–H and O–H groups in total. The largest absolute Gasteiger partial charge is 0.193 e. The number of nitrogens with zero attached hydrogens (tertiary/aromatic N) is 2. The Hall–Kier alpha value is -1.46. The Kier molecular flexibility index (Phi) is 4.03. The summed E-state index contributed by atoms with van der Waals surface area (Å²) in [6.45, 7) is 0. The first-order valence-electron chi connectivity index (χ1n) is 3.71. The van der Waals surface area contributed by atoms with Gasteiger partial charge in [-0.15, -0.1) is 0 Å². The lowest BCUT2D eigenvalue weighted by atomic mass is 10.2. The molecule has 0 fully saturated rings. The molecule has 0 aliphatic heterocycles. The molecule has 0 saturated heterocycles. The number of rotatable bonds is 2. The fraction of sp³-hybridized carbons (Fsp3) is 0. The van der Waals surface area contributed by atoms with Crippen LogP contribution in [0.2, 0.25) is 5.02 Å². The van der Waals surface area contributed by atoms with Crippen LogP contribution in [0, 0.1) is 11.3 Å². The molecule has 1 aromatic carbocycles. The normalized spacial score (nSPS) is 9.43. The molecule has 4 heteroatoms. The molecular formula is C10H5ClN2S. The summed E-state index contributed by atoms with van der Waals surface area (Å²) in [7, 11) is 0. The highest BCUT2D eigenvalue weighted by atomic mass is 35.5. The van der Waals surface area contributed by atoms with Gasteiger partial charge in [-0.25, -0.2) is 0 Å². The van der Waals surface area contributed by atoms with Crippen LogP contribution in [0.25, 0.3) is 6.08 Å². The Bertz CT molecular complexity index is 454. The van der Waals surface area contributed by atoms with E-state index in [2.05, 4.69) is 22.4 Å². The Morgan fingerprint density at radius 2 is 2.29 bits per heavy atom. The average molecular weight is 221 g/mol. The first kappa shape index (κ1) is 10.6. The smallest absolute Gasteiger partial charge is 0.0926 e. The van der Waals surface area contributed by atoms with Crippen molar-refractivity contribution in [3.05, 3.63) is 34.9 Å². The van der Waals surface area contributed by atoms with Crippen molar-refractivity contribution in [3.63, 3.8) is 0 Å². The SMILES string of the molecule is N#CC=Cc1ccc(N=C=S)c(Cl)c1. The van der Waals surface area contributed by atoms with Crippen molar-refractivity contribution < 1.29 is 0 Å². The molecule has 0 aliphatic rings. The van der Waals surface area contributed by atoms with Gasteiger partial charge in [0.25, 0.3) is 0 Å². The molecule has 0 atom stereocenters. The monoisotopic (exact) mass is 220 g/mol. The van der Waals surface area contributed by atoms with Crippen LogP contribution in [0.1, 0.15) is 5.56 Å². The molecular weight excluding hydrogens is 216 g/mol. The lowest BCUT2D eigenvalue weighted by Crippen LogP contribution is -1.73. The second-order valence-corrected chi connectivity index (χ2v) is 2.97. The molecule has 2 nitrogen and oxygen atoms in total. The van der Waals surface area contributed by atoms with E-state index in [4.69, 9.17) is 16.9 Å². The van der Waals surface area contributed by atoms with E-state index >= 15 is 0 Å². The van der Waals surface area contributed by atoms with Crippen molar-refractivity contribution in [3.8, 4) is 6.07 Å². The summed E-state index contributed by atoms with van der Waals surface area (Å²) in [5, 5.41) is 11.1. The summed E-state index contributed by atoms with van der Waals surface area (Å²) in [5.74, 6) is 0. The fourth-order valence-electron chi connectivity index (χ4n) is 0.900. The Labute approximate surface area is 92.2 Å². The van der Waals surface area contributed by atoms with Crippen molar-refractivity contribution in [2.75, 3.05) is 0 Å². The van der Waals surface area contributed by atoms with Crippen molar-refractivity contribution >= 4 is 40.7 Å². The molecule has 0 amide bonds. The van der Waals surface area contributed by atoms with Crippen molar-refractivity contribution in [2.24, 2.45) is 4.99 Å². The number of hydrogen-bond acceptors (Lipinski definition) is 3. The zero-order chi connectivity index (χ0) is 10.4. The molecule has 68 valence electrons. The Morgan fingerprint density at radius 1 is 1.50 bits per heavy atom. The van der Waals surface area contributed by atoms with E-state index < -0.39 is 0 Å². The number of nitriles is 1. The topological polar surface area (TPSA) is 36.1 Å². The average Bonchev–Trinajstić information content (AvgIpc) is 2.19. The zero-order valence-electron chi connectivity index (χ0n) is 7.07. The fourth-order valence-corrected chi connectivity index (χ4v) is 1.23. The van der Waals surface area contributed by atoms with E-state index in [1.807, 2.05) is 6.07 Å². The van der Waals surface area contributed by atoms with E-state index in [0.717, 1.165) is 5.56 Å². The van der Waals surface area contributed by atoms with Gasteiger partial charge in [-0.05, 0) is 36.0 Å². The summed E-state index contributed by atoms with van der Waals surface area (Å²) < 4.78 is 0. The van der Waals surface area contributed by atoms with Crippen molar-refractivity contribution in [2.45, 2.75) is 0 Å². The minimum Gasteiger partial charge on any atom is -0.193 e. The van der Waals surface area contributed by atoms with Crippen molar-refractivity contribution in [1.29, 1.82) is 5.26 Å². The predicted molar refractivity (Wildman–Crippen MR) is 60.8 cm³/mol.